The van der Waals surface area contributed by atoms with Crippen LogP contribution in [0.25, 0.3) is 22.1 Å². The predicted molar refractivity (Wildman–Crippen MR) is 115 cm³/mol. The fraction of sp³-hybridized carbons (Fsp3) is 0.348. The Morgan fingerprint density at radius 2 is 1.70 bits per heavy atom. The van der Waals surface area contributed by atoms with Crippen molar-refractivity contribution in [2.75, 3.05) is 20.8 Å². The Bertz CT molecular complexity index is 1190. The van der Waals surface area contributed by atoms with E-state index in [2.05, 4.69) is 0 Å². The van der Waals surface area contributed by atoms with Gasteiger partial charge in [-0.1, -0.05) is 6.07 Å². The maximum atomic E-state index is 13.1. The Balaban J connectivity index is 1.63. The van der Waals surface area contributed by atoms with Gasteiger partial charge in [0.05, 0.1) is 31.8 Å². The van der Waals surface area contributed by atoms with Gasteiger partial charge < -0.3 is 43.8 Å². The molecule has 0 amide bonds. The van der Waals surface area contributed by atoms with Gasteiger partial charge in [0, 0.05) is 6.07 Å². The van der Waals surface area contributed by atoms with Crippen LogP contribution in [-0.2, 0) is 4.74 Å². The molecule has 1 aliphatic heterocycles. The zero-order valence-electron chi connectivity index (χ0n) is 17.9. The Morgan fingerprint density at radius 1 is 0.939 bits per heavy atom. The smallest absolute Gasteiger partial charge is 0.229 e. The summed E-state index contributed by atoms with van der Waals surface area (Å²) < 4.78 is 27.1. The molecule has 0 radical (unpaired) electrons. The standard InChI is InChI=1S/C23H24O10/c1-29-15-6-3-11(7-17(15)30-2)14-10-31-16-8-12(4-5-13(16)19(14)25)32-23-22(28)21(27)20(26)18(9-24)33-23/h3-8,10,18,20-24,26-28H,9H2,1-2H3/t18-,20-,21+,22-,23-/m1/s1. The maximum absolute atomic E-state index is 13.1. The van der Waals surface area contributed by atoms with Gasteiger partial charge in [-0.15, -0.1) is 0 Å². The van der Waals surface area contributed by atoms with E-state index in [4.69, 9.17) is 23.4 Å². The molecular formula is C23H24O10. The monoisotopic (exact) mass is 460 g/mol. The van der Waals surface area contributed by atoms with Crippen LogP contribution in [0, 0.1) is 0 Å². The average molecular weight is 460 g/mol. The third-order valence-electron chi connectivity index (χ3n) is 5.54. The number of hydrogen-bond acceptors (Lipinski definition) is 10. The summed E-state index contributed by atoms with van der Waals surface area (Å²) in [5.74, 6) is 1.19. The van der Waals surface area contributed by atoms with E-state index in [-0.39, 0.29) is 16.8 Å². The molecule has 176 valence electrons. The van der Waals surface area contributed by atoms with Crippen LogP contribution in [0.1, 0.15) is 0 Å². The molecule has 0 unspecified atom stereocenters. The highest BCUT2D eigenvalue weighted by Gasteiger charge is 2.44. The van der Waals surface area contributed by atoms with E-state index >= 15 is 0 Å². The molecule has 3 aromatic rings. The Kier molecular flexibility index (Phi) is 6.54. The third kappa shape index (κ3) is 4.26. The van der Waals surface area contributed by atoms with Gasteiger partial charge in [0.1, 0.15) is 42.0 Å². The highest BCUT2D eigenvalue weighted by Crippen LogP contribution is 2.32. The number of fused-ring (bicyclic) bond motifs is 1. The largest absolute Gasteiger partial charge is 0.493 e. The molecule has 0 spiro atoms. The molecule has 10 nitrogen and oxygen atoms in total. The van der Waals surface area contributed by atoms with Gasteiger partial charge in [-0.05, 0) is 29.8 Å². The van der Waals surface area contributed by atoms with Crippen molar-refractivity contribution in [3.05, 3.63) is 52.9 Å². The molecule has 5 atom stereocenters. The summed E-state index contributed by atoms with van der Waals surface area (Å²) in [7, 11) is 3.02. The van der Waals surface area contributed by atoms with Gasteiger partial charge in [0.25, 0.3) is 0 Å². The van der Waals surface area contributed by atoms with E-state index in [0.29, 0.717) is 28.0 Å². The molecule has 1 aliphatic rings. The normalized spacial score (nSPS) is 25.1. The number of rotatable bonds is 6. The number of hydrogen-bond donors (Lipinski definition) is 4. The molecule has 10 heteroatoms. The first-order valence-corrected chi connectivity index (χ1v) is 10.1. The van der Waals surface area contributed by atoms with Gasteiger partial charge in [-0.2, -0.15) is 0 Å². The molecule has 0 aliphatic carbocycles. The van der Waals surface area contributed by atoms with E-state index in [1.807, 2.05) is 0 Å². The highest BCUT2D eigenvalue weighted by molar-refractivity contribution is 5.83. The van der Waals surface area contributed by atoms with Crippen molar-refractivity contribution in [1.29, 1.82) is 0 Å². The van der Waals surface area contributed by atoms with Crippen molar-refractivity contribution in [3.8, 4) is 28.4 Å². The minimum Gasteiger partial charge on any atom is -0.493 e. The van der Waals surface area contributed by atoms with E-state index < -0.39 is 37.3 Å². The second kappa shape index (κ2) is 9.38. The number of benzene rings is 2. The summed E-state index contributed by atoms with van der Waals surface area (Å²) >= 11 is 0. The van der Waals surface area contributed by atoms with Crippen LogP contribution in [0.4, 0.5) is 0 Å². The van der Waals surface area contributed by atoms with Gasteiger partial charge in [-0.3, -0.25) is 4.79 Å². The molecule has 0 bridgehead atoms. The fourth-order valence-corrected chi connectivity index (χ4v) is 3.68. The lowest BCUT2D eigenvalue weighted by atomic mass is 9.99. The van der Waals surface area contributed by atoms with Crippen molar-refractivity contribution < 1.29 is 43.8 Å². The second-order valence-corrected chi connectivity index (χ2v) is 7.52. The van der Waals surface area contributed by atoms with Crippen molar-refractivity contribution in [2.24, 2.45) is 0 Å². The minimum absolute atomic E-state index is 0.189. The molecule has 4 N–H and O–H groups in total. The lowest BCUT2D eigenvalue weighted by Crippen LogP contribution is -2.60. The van der Waals surface area contributed by atoms with E-state index in [9.17, 15) is 25.2 Å². The van der Waals surface area contributed by atoms with Crippen molar-refractivity contribution in [3.63, 3.8) is 0 Å². The van der Waals surface area contributed by atoms with Crippen molar-refractivity contribution >= 4 is 11.0 Å². The number of aliphatic hydroxyl groups is 4. The number of ether oxygens (including phenoxy) is 4. The minimum atomic E-state index is -1.57. The SMILES string of the molecule is COc1ccc(-c2coc3cc(O[C@@H]4O[C@H](CO)[C@@H](O)[C@H](O)[C@H]4O)ccc3c2=O)cc1OC. The average Bonchev–Trinajstić information content (AvgIpc) is 2.84. The van der Waals surface area contributed by atoms with Crippen molar-refractivity contribution in [2.45, 2.75) is 30.7 Å². The lowest BCUT2D eigenvalue weighted by Gasteiger charge is -2.39. The maximum Gasteiger partial charge on any atom is 0.229 e. The fourth-order valence-electron chi connectivity index (χ4n) is 3.68. The molecule has 1 aromatic heterocycles. The van der Waals surface area contributed by atoms with Gasteiger partial charge >= 0.3 is 0 Å². The first-order valence-electron chi connectivity index (χ1n) is 10.1. The van der Waals surface area contributed by atoms with Crippen molar-refractivity contribution in [1.82, 2.24) is 0 Å². The van der Waals surface area contributed by atoms with Crippen LogP contribution in [-0.4, -0.2) is 72.0 Å². The molecule has 2 aromatic carbocycles. The zero-order chi connectivity index (χ0) is 23.7. The summed E-state index contributed by atoms with van der Waals surface area (Å²) in [6.07, 6.45) is -5.74. The predicted octanol–water partition coefficient (Wildman–Crippen LogP) is 0.656. The Morgan fingerprint density at radius 3 is 2.39 bits per heavy atom. The first kappa shape index (κ1) is 23.0. The quantitative estimate of drug-likeness (QED) is 0.413. The molecule has 1 saturated heterocycles. The summed E-state index contributed by atoms with van der Waals surface area (Å²) in [4.78, 5) is 13.1. The van der Waals surface area contributed by atoms with E-state index in [0.717, 1.165) is 0 Å². The Hall–Kier alpha value is -3.15. The molecule has 1 fully saturated rings. The molecule has 0 saturated carbocycles. The van der Waals surface area contributed by atoms with Crippen LogP contribution in [0.15, 0.2) is 51.9 Å². The topological polar surface area (TPSA) is 148 Å². The van der Waals surface area contributed by atoms with Gasteiger partial charge in [0.2, 0.25) is 6.29 Å². The Labute approximate surface area is 188 Å². The van der Waals surface area contributed by atoms with Gasteiger partial charge in [-0.25, -0.2) is 0 Å². The highest BCUT2D eigenvalue weighted by atomic mass is 16.7. The lowest BCUT2D eigenvalue weighted by molar-refractivity contribution is -0.277. The van der Waals surface area contributed by atoms with Crippen LogP contribution in [0.5, 0.6) is 17.2 Å². The van der Waals surface area contributed by atoms with Crippen LogP contribution in [0.2, 0.25) is 0 Å². The second-order valence-electron chi connectivity index (χ2n) is 7.52. The zero-order valence-corrected chi connectivity index (χ0v) is 17.9. The third-order valence-corrected chi connectivity index (χ3v) is 5.54. The molecule has 2 heterocycles. The van der Waals surface area contributed by atoms with Crippen LogP contribution >= 0.6 is 0 Å². The summed E-state index contributed by atoms with van der Waals surface area (Å²) in [5.41, 5.74) is 0.866. The van der Waals surface area contributed by atoms with Gasteiger partial charge in [0.15, 0.2) is 16.9 Å². The molecule has 33 heavy (non-hydrogen) atoms. The van der Waals surface area contributed by atoms with E-state index in [1.54, 1.807) is 18.2 Å². The number of methoxy groups -OCH3 is 2. The summed E-state index contributed by atoms with van der Waals surface area (Å²) in [6, 6.07) is 9.51. The molecule has 4 rings (SSSR count). The summed E-state index contributed by atoms with van der Waals surface area (Å²) in [6.45, 7) is -0.573. The van der Waals surface area contributed by atoms with Crippen LogP contribution < -0.4 is 19.6 Å². The number of aliphatic hydroxyl groups excluding tert-OH is 4. The first-order chi connectivity index (χ1) is 15.9. The van der Waals surface area contributed by atoms with E-state index in [1.165, 1.54) is 38.7 Å². The molecular weight excluding hydrogens is 436 g/mol. The van der Waals surface area contributed by atoms with Crippen LogP contribution in [0.3, 0.4) is 0 Å². The summed E-state index contributed by atoms with van der Waals surface area (Å²) in [5, 5.41) is 39.5.